The zero-order valence-electron chi connectivity index (χ0n) is 3.27. The highest BCUT2D eigenvalue weighted by Gasteiger charge is 1.79. The zero-order chi connectivity index (χ0) is 4.99. The number of quaternary nitrogens is 1. The normalized spacial score (nSPS) is 7.50. The van der Waals surface area contributed by atoms with E-state index in [0.29, 0.717) is 0 Å². The molecule has 2 amide bonds. The Kier molecular flexibility index (Phi) is 2.15. The van der Waals surface area contributed by atoms with Crippen molar-refractivity contribution in [3.8, 4) is 0 Å². The van der Waals surface area contributed by atoms with Gasteiger partial charge in [-0.25, -0.2) is 10.2 Å². The van der Waals surface area contributed by atoms with Gasteiger partial charge in [-0.2, -0.15) is 0 Å². The first-order valence-corrected chi connectivity index (χ1v) is 1.44. The predicted molar refractivity (Wildman–Crippen MR) is 20.0 cm³/mol. The van der Waals surface area contributed by atoms with E-state index in [4.69, 9.17) is 0 Å². The molecule has 0 unspecified atom stereocenters. The standard InChI is InChI=1S/C2H7N3O/c1-4-5-2(3)6/h1,4H2,(H3,3,5,6). The van der Waals surface area contributed by atoms with Gasteiger partial charge >= 0.3 is 6.03 Å². The SMILES string of the molecule is [CH2-][NH2+]NC(N)=O. The van der Waals surface area contributed by atoms with Crippen molar-refractivity contribution < 1.29 is 10.2 Å². The number of nitrogens with one attached hydrogen (secondary N) is 1. The van der Waals surface area contributed by atoms with Crippen molar-refractivity contribution in [2.24, 2.45) is 5.73 Å². The Morgan fingerprint density at radius 2 is 2.50 bits per heavy atom. The van der Waals surface area contributed by atoms with Crippen LogP contribution in [0.1, 0.15) is 0 Å². The summed E-state index contributed by atoms with van der Waals surface area (Å²) in [6.07, 6.45) is 0. The fourth-order valence-corrected chi connectivity index (χ4v) is 0.101. The lowest BCUT2D eigenvalue weighted by Crippen LogP contribution is -2.89. The van der Waals surface area contributed by atoms with Crippen LogP contribution in [0.2, 0.25) is 0 Å². The summed E-state index contributed by atoms with van der Waals surface area (Å²) in [7, 11) is 3.19. The Balaban J connectivity index is 2.83. The Hall–Kier alpha value is -0.770. The number of rotatable bonds is 1. The summed E-state index contributed by atoms with van der Waals surface area (Å²) in [6, 6.07) is -0.579. The summed E-state index contributed by atoms with van der Waals surface area (Å²) in [5.74, 6) is 0. The van der Waals surface area contributed by atoms with Gasteiger partial charge in [-0.05, 0) is 0 Å². The number of amides is 2. The Bertz CT molecular complexity index is 52.8. The molecule has 4 heteroatoms. The summed E-state index contributed by atoms with van der Waals surface area (Å²) in [6.45, 7) is 0. The summed E-state index contributed by atoms with van der Waals surface area (Å²) in [5.41, 5.74) is 7.92. The summed E-state index contributed by atoms with van der Waals surface area (Å²) >= 11 is 0. The molecule has 36 valence electrons. The molecule has 0 spiro atoms. The molecule has 0 saturated carbocycles. The molecular formula is C2H7N3O. The molecular weight excluding hydrogens is 82.0 g/mol. The fraction of sp³-hybridized carbons (Fsp3) is 0. The van der Waals surface area contributed by atoms with Gasteiger partial charge in [-0.1, -0.05) is 0 Å². The van der Waals surface area contributed by atoms with Crippen molar-refractivity contribution in [1.29, 1.82) is 0 Å². The highest BCUT2D eigenvalue weighted by molar-refractivity contribution is 5.69. The second-order valence-electron chi connectivity index (χ2n) is 0.713. The van der Waals surface area contributed by atoms with Gasteiger partial charge in [-0.15, -0.1) is 7.05 Å². The van der Waals surface area contributed by atoms with E-state index >= 15 is 0 Å². The second-order valence-corrected chi connectivity index (χ2v) is 0.713. The third kappa shape index (κ3) is 3.23. The summed E-state index contributed by atoms with van der Waals surface area (Å²) < 4.78 is 0. The number of primary amides is 1. The lowest BCUT2D eigenvalue weighted by atomic mass is 11.1. The lowest BCUT2D eigenvalue weighted by Gasteiger charge is -1.93. The molecule has 5 N–H and O–H groups in total. The van der Waals surface area contributed by atoms with Gasteiger partial charge in [0, 0.05) is 0 Å². The maximum Gasteiger partial charge on any atom is 0.354 e. The minimum Gasteiger partial charge on any atom is -0.371 e. The van der Waals surface area contributed by atoms with E-state index in [1.807, 2.05) is 0 Å². The molecule has 0 aliphatic heterocycles. The molecule has 0 heterocycles. The predicted octanol–water partition coefficient (Wildman–Crippen LogP) is -2.08. The monoisotopic (exact) mass is 89.1 g/mol. The topological polar surface area (TPSA) is 71.7 Å². The molecule has 0 bridgehead atoms. The maximum absolute atomic E-state index is 9.64. The van der Waals surface area contributed by atoms with E-state index in [-0.39, 0.29) is 0 Å². The van der Waals surface area contributed by atoms with E-state index in [0.717, 1.165) is 0 Å². The summed E-state index contributed by atoms with van der Waals surface area (Å²) in [4.78, 5) is 9.64. The van der Waals surface area contributed by atoms with Crippen LogP contribution in [0, 0.1) is 7.05 Å². The number of hydrogen-bond donors (Lipinski definition) is 3. The van der Waals surface area contributed by atoms with Crippen molar-refractivity contribution in [3.05, 3.63) is 7.05 Å². The molecule has 4 nitrogen and oxygen atoms in total. The quantitative estimate of drug-likeness (QED) is 0.147. The molecule has 0 saturated heterocycles. The Morgan fingerprint density at radius 3 is 2.50 bits per heavy atom. The van der Waals surface area contributed by atoms with Crippen molar-refractivity contribution in [2.45, 2.75) is 0 Å². The largest absolute Gasteiger partial charge is 0.371 e. The molecule has 0 atom stereocenters. The fourth-order valence-electron chi connectivity index (χ4n) is 0.101. The van der Waals surface area contributed by atoms with Gasteiger partial charge in [0.25, 0.3) is 0 Å². The highest BCUT2D eigenvalue weighted by atomic mass is 16.2. The second kappa shape index (κ2) is 2.47. The van der Waals surface area contributed by atoms with Crippen molar-refractivity contribution in [2.75, 3.05) is 0 Å². The molecule has 0 aromatic heterocycles. The minimum absolute atomic E-state index is 0.579. The Morgan fingerprint density at radius 1 is 2.00 bits per heavy atom. The number of carbonyl (C=O) groups is 1. The molecule has 0 radical (unpaired) electrons. The van der Waals surface area contributed by atoms with Crippen LogP contribution in [0.4, 0.5) is 4.79 Å². The molecule has 0 rings (SSSR count). The van der Waals surface area contributed by atoms with Crippen LogP contribution in [0.3, 0.4) is 0 Å². The van der Waals surface area contributed by atoms with Gasteiger partial charge in [0.15, 0.2) is 0 Å². The van der Waals surface area contributed by atoms with Crippen molar-refractivity contribution in [3.63, 3.8) is 0 Å². The number of hydrogen-bond acceptors (Lipinski definition) is 1. The van der Waals surface area contributed by atoms with Gasteiger partial charge in [0.1, 0.15) is 0 Å². The smallest absolute Gasteiger partial charge is 0.354 e. The number of carbonyl (C=O) groups excluding carboxylic acids is 1. The number of nitrogens with two attached hydrogens (primary N) is 2. The van der Waals surface area contributed by atoms with Gasteiger partial charge in [0.2, 0.25) is 0 Å². The first-order valence-electron chi connectivity index (χ1n) is 1.44. The van der Waals surface area contributed by atoms with Crippen LogP contribution >= 0.6 is 0 Å². The van der Waals surface area contributed by atoms with Crippen LogP contribution in [0.15, 0.2) is 0 Å². The van der Waals surface area contributed by atoms with Gasteiger partial charge < -0.3 is 11.2 Å². The van der Waals surface area contributed by atoms with Crippen LogP contribution < -0.4 is 16.6 Å². The van der Waals surface area contributed by atoms with E-state index < -0.39 is 6.03 Å². The average molecular weight is 89.1 g/mol. The first-order chi connectivity index (χ1) is 2.77. The molecule has 0 aliphatic rings. The van der Waals surface area contributed by atoms with Gasteiger partial charge in [0.05, 0.1) is 0 Å². The number of urea groups is 1. The van der Waals surface area contributed by atoms with Gasteiger partial charge in [-0.3, -0.25) is 0 Å². The van der Waals surface area contributed by atoms with Crippen molar-refractivity contribution >= 4 is 6.03 Å². The van der Waals surface area contributed by atoms with E-state index in [9.17, 15) is 4.79 Å². The molecule has 0 fully saturated rings. The van der Waals surface area contributed by atoms with Crippen LogP contribution in [-0.4, -0.2) is 6.03 Å². The van der Waals surface area contributed by atoms with Crippen LogP contribution in [-0.2, 0) is 0 Å². The minimum atomic E-state index is -0.579. The lowest BCUT2D eigenvalue weighted by molar-refractivity contribution is -0.641. The maximum atomic E-state index is 9.64. The van der Waals surface area contributed by atoms with E-state index in [1.54, 1.807) is 0 Å². The van der Waals surface area contributed by atoms with Crippen LogP contribution in [0.5, 0.6) is 0 Å². The third-order valence-electron chi connectivity index (χ3n) is 0.244. The van der Waals surface area contributed by atoms with Crippen molar-refractivity contribution in [1.82, 2.24) is 5.43 Å². The molecule has 0 aromatic rings. The van der Waals surface area contributed by atoms with E-state index in [2.05, 4.69) is 18.2 Å². The zero-order valence-corrected chi connectivity index (χ0v) is 3.27. The summed E-state index contributed by atoms with van der Waals surface area (Å²) in [5, 5.41) is 0. The highest BCUT2D eigenvalue weighted by Crippen LogP contribution is 1.34. The average Bonchev–Trinajstić information content (AvgIpc) is 1.35. The first kappa shape index (κ1) is 5.23. The van der Waals surface area contributed by atoms with E-state index in [1.165, 1.54) is 5.43 Å². The molecule has 0 aliphatic carbocycles. The third-order valence-corrected chi connectivity index (χ3v) is 0.244. The molecule has 0 aromatic carbocycles. The van der Waals surface area contributed by atoms with Crippen LogP contribution in [0.25, 0.3) is 0 Å². The Labute approximate surface area is 35.7 Å². The molecule has 6 heavy (non-hydrogen) atoms.